The average molecular weight is 530 g/mol. The second kappa shape index (κ2) is 11.0. The van der Waals surface area contributed by atoms with Gasteiger partial charge in [0.1, 0.15) is 0 Å². The quantitative estimate of drug-likeness (QED) is 0.177. The molecule has 1 N–H and O–H groups in total. The fourth-order valence-corrected chi connectivity index (χ4v) is 4.15. The van der Waals surface area contributed by atoms with Crippen molar-refractivity contribution >= 4 is 35.5 Å². The zero-order valence-electron chi connectivity index (χ0n) is 18.8. The summed E-state index contributed by atoms with van der Waals surface area (Å²) in [6, 6.07) is 19.9. The molecular formula is C25H19ClF3N5OS. The summed E-state index contributed by atoms with van der Waals surface area (Å²) in [4.78, 5) is 12.4. The zero-order valence-corrected chi connectivity index (χ0v) is 20.4. The van der Waals surface area contributed by atoms with Crippen LogP contribution in [0.2, 0.25) is 5.02 Å². The van der Waals surface area contributed by atoms with E-state index in [1.54, 1.807) is 12.1 Å². The van der Waals surface area contributed by atoms with Crippen LogP contribution in [0.3, 0.4) is 0 Å². The minimum Gasteiger partial charge on any atom is -0.272 e. The van der Waals surface area contributed by atoms with Crippen LogP contribution in [0.15, 0.2) is 83.1 Å². The monoisotopic (exact) mass is 529 g/mol. The van der Waals surface area contributed by atoms with Crippen molar-refractivity contribution in [3.63, 3.8) is 0 Å². The van der Waals surface area contributed by atoms with E-state index < -0.39 is 17.6 Å². The minimum atomic E-state index is -4.52. The van der Waals surface area contributed by atoms with Gasteiger partial charge in [-0.3, -0.25) is 9.36 Å². The predicted octanol–water partition coefficient (Wildman–Crippen LogP) is 6.16. The van der Waals surface area contributed by atoms with Gasteiger partial charge in [0, 0.05) is 21.8 Å². The second-order valence-corrected chi connectivity index (χ2v) is 9.03. The Hall–Kier alpha value is -3.63. The molecule has 184 valence electrons. The Morgan fingerprint density at radius 2 is 1.75 bits per heavy atom. The highest BCUT2D eigenvalue weighted by Crippen LogP contribution is 2.31. The number of alkyl halides is 3. The van der Waals surface area contributed by atoms with Gasteiger partial charge in [0.05, 0.1) is 17.5 Å². The van der Waals surface area contributed by atoms with E-state index in [9.17, 15) is 18.0 Å². The molecule has 3 aromatic carbocycles. The summed E-state index contributed by atoms with van der Waals surface area (Å²) in [5.41, 5.74) is 3.95. The third kappa shape index (κ3) is 6.13. The third-order valence-electron chi connectivity index (χ3n) is 5.02. The molecule has 1 aromatic heterocycles. The molecule has 0 aliphatic carbocycles. The molecule has 0 radical (unpaired) electrons. The van der Waals surface area contributed by atoms with Gasteiger partial charge in [-0.25, -0.2) is 5.43 Å². The van der Waals surface area contributed by atoms with Crippen LogP contribution in [0, 0.1) is 6.92 Å². The highest BCUT2D eigenvalue weighted by Gasteiger charge is 2.32. The van der Waals surface area contributed by atoms with E-state index in [0.717, 1.165) is 40.9 Å². The van der Waals surface area contributed by atoms with Gasteiger partial charge >= 0.3 is 6.18 Å². The van der Waals surface area contributed by atoms with Gasteiger partial charge in [-0.05, 0) is 49.4 Å². The lowest BCUT2D eigenvalue weighted by atomic mass is 10.1. The highest BCUT2D eigenvalue weighted by molar-refractivity contribution is 7.99. The lowest BCUT2D eigenvalue weighted by Crippen LogP contribution is -2.20. The number of thioether (sulfide) groups is 1. The first-order valence-corrected chi connectivity index (χ1v) is 12.0. The van der Waals surface area contributed by atoms with Gasteiger partial charge in [-0.1, -0.05) is 59.3 Å². The molecule has 11 heteroatoms. The van der Waals surface area contributed by atoms with Crippen LogP contribution in [0.4, 0.5) is 13.2 Å². The van der Waals surface area contributed by atoms with E-state index >= 15 is 0 Å². The Kier molecular flexibility index (Phi) is 7.76. The number of amides is 1. The normalized spacial score (nSPS) is 11.7. The van der Waals surface area contributed by atoms with Crippen molar-refractivity contribution in [2.75, 3.05) is 5.75 Å². The molecule has 0 fully saturated rings. The van der Waals surface area contributed by atoms with Crippen LogP contribution >= 0.6 is 23.4 Å². The summed E-state index contributed by atoms with van der Waals surface area (Å²) in [6.45, 7) is 1.98. The van der Waals surface area contributed by atoms with Gasteiger partial charge in [-0.15, -0.1) is 10.2 Å². The number of rotatable bonds is 7. The van der Waals surface area contributed by atoms with E-state index in [-0.39, 0.29) is 11.3 Å². The zero-order chi connectivity index (χ0) is 25.7. The maximum Gasteiger partial charge on any atom is 0.417 e. The number of aryl methyl sites for hydroxylation is 1. The SMILES string of the molecule is Cc1ccc(-n2c(SCC(=O)NN=Cc3ccccc3C(F)(F)F)nnc2-c2ccc(Cl)cc2)cc1. The first-order chi connectivity index (χ1) is 17.2. The van der Waals surface area contributed by atoms with E-state index in [2.05, 4.69) is 20.7 Å². The summed E-state index contributed by atoms with van der Waals surface area (Å²) >= 11 is 7.14. The van der Waals surface area contributed by atoms with Crippen LogP contribution in [0.25, 0.3) is 17.1 Å². The number of benzene rings is 3. The van der Waals surface area contributed by atoms with Gasteiger partial charge in [-0.2, -0.15) is 18.3 Å². The lowest BCUT2D eigenvalue weighted by Gasteiger charge is -2.11. The van der Waals surface area contributed by atoms with Crippen LogP contribution in [-0.2, 0) is 11.0 Å². The molecule has 4 rings (SSSR count). The standard InChI is InChI=1S/C25H19ClF3N5OS/c1-16-6-12-20(13-7-16)34-23(17-8-10-19(26)11-9-17)32-33-24(34)36-15-22(35)31-30-14-18-4-2-3-5-21(18)25(27,28)29/h2-14H,15H2,1H3,(H,31,35). The average Bonchev–Trinajstić information content (AvgIpc) is 3.27. The van der Waals surface area contributed by atoms with E-state index in [4.69, 9.17) is 11.6 Å². The molecule has 0 unspecified atom stereocenters. The van der Waals surface area contributed by atoms with Gasteiger partial charge in [0.2, 0.25) is 0 Å². The van der Waals surface area contributed by atoms with Gasteiger partial charge in [0.25, 0.3) is 5.91 Å². The van der Waals surface area contributed by atoms with E-state index in [0.29, 0.717) is 16.0 Å². The van der Waals surface area contributed by atoms with Crippen molar-refractivity contribution in [2.24, 2.45) is 5.10 Å². The lowest BCUT2D eigenvalue weighted by molar-refractivity contribution is -0.137. The minimum absolute atomic E-state index is 0.0805. The molecule has 6 nitrogen and oxygen atoms in total. The Balaban J connectivity index is 1.51. The van der Waals surface area contributed by atoms with Crippen molar-refractivity contribution in [2.45, 2.75) is 18.3 Å². The molecule has 36 heavy (non-hydrogen) atoms. The number of carbonyl (C=O) groups is 1. The summed E-state index contributed by atoms with van der Waals surface area (Å²) in [5.74, 6) is -0.0180. The Labute approximate surface area is 214 Å². The number of carbonyl (C=O) groups excluding carboxylic acids is 1. The van der Waals surface area contributed by atoms with Crippen LogP contribution in [0.1, 0.15) is 16.7 Å². The molecule has 0 atom stereocenters. The molecule has 0 saturated carbocycles. The van der Waals surface area contributed by atoms with E-state index in [1.165, 1.54) is 18.2 Å². The van der Waals surface area contributed by atoms with Crippen molar-refractivity contribution in [3.05, 3.63) is 94.5 Å². The summed E-state index contributed by atoms with van der Waals surface area (Å²) in [6.07, 6.45) is -3.55. The van der Waals surface area contributed by atoms with Crippen molar-refractivity contribution in [1.29, 1.82) is 0 Å². The fraction of sp³-hybridized carbons (Fsp3) is 0.120. The molecule has 0 spiro atoms. The van der Waals surface area contributed by atoms with Gasteiger partial charge in [0.15, 0.2) is 11.0 Å². The first-order valence-electron chi connectivity index (χ1n) is 10.6. The Morgan fingerprint density at radius 1 is 1.06 bits per heavy atom. The molecule has 0 aliphatic rings. The second-order valence-electron chi connectivity index (χ2n) is 7.65. The van der Waals surface area contributed by atoms with Crippen molar-refractivity contribution in [3.8, 4) is 17.1 Å². The topological polar surface area (TPSA) is 72.2 Å². The van der Waals surface area contributed by atoms with E-state index in [1.807, 2.05) is 47.9 Å². The number of halogens is 4. The maximum absolute atomic E-state index is 13.1. The summed E-state index contributed by atoms with van der Waals surface area (Å²) in [7, 11) is 0. The van der Waals surface area contributed by atoms with Crippen LogP contribution in [-0.4, -0.2) is 32.6 Å². The summed E-state index contributed by atoms with van der Waals surface area (Å²) < 4.78 is 41.2. The highest BCUT2D eigenvalue weighted by atomic mass is 35.5. The number of nitrogens with zero attached hydrogens (tertiary/aromatic N) is 4. The summed E-state index contributed by atoms with van der Waals surface area (Å²) in [5, 5.41) is 13.3. The molecule has 0 bridgehead atoms. The number of nitrogens with one attached hydrogen (secondary N) is 1. The van der Waals surface area contributed by atoms with Crippen LogP contribution in [0.5, 0.6) is 0 Å². The maximum atomic E-state index is 13.1. The number of hydrogen-bond donors (Lipinski definition) is 1. The van der Waals surface area contributed by atoms with Crippen molar-refractivity contribution < 1.29 is 18.0 Å². The molecule has 1 heterocycles. The molecule has 4 aromatic rings. The number of hydrogen-bond acceptors (Lipinski definition) is 5. The molecule has 0 aliphatic heterocycles. The Bertz CT molecular complexity index is 1390. The third-order valence-corrected chi connectivity index (χ3v) is 6.20. The molecular weight excluding hydrogens is 511 g/mol. The number of aromatic nitrogens is 3. The van der Waals surface area contributed by atoms with Gasteiger partial charge < -0.3 is 0 Å². The fourth-order valence-electron chi connectivity index (χ4n) is 3.28. The molecule has 0 saturated heterocycles. The molecule has 1 amide bonds. The predicted molar refractivity (Wildman–Crippen MR) is 134 cm³/mol. The van der Waals surface area contributed by atoms with Crippen molar-refractivity contribution in [1.82, 2.24) is 20.2 Å². The van der Waals surface area contributed by atoms with Crippen LogP contribution < -0.4 is 5.43 Å². The Morgan fingerprint density at radius 3 is 2.44 bits per heavy atom. The first kappa shape index (κ1) is 25.5. The largest absolute Gasteiger partial charge is 0.417 e. The number of hydrazone groups is 1. The smallest absolute Gasteiger partial charge is 0.272 e.